The first-order valence-corrected chi connectivity index (χ1v) is 12.1. The van der Waals surface area contributed by atoms with Crippen molar-refractivity contribution in [1.29, 1.82) is 0 Å². The smallest absolute Gasteiger partial charge is 0.340 e. The third-order valence-corrected chi connectivity index (χ3v) is 6.81. The zero-order chi connectivity index (χ0) is 24.0. The molecule has 1 saturated carbocycles. The van der Waals surface area contributed by atoms with Crippen LogP contribution in [0.5, 0.6) is 0 Å². The molecule has 0 bridgehead atoms. The van der Waals surface area contributed by atoms with Crippen molar-refractivity contribution in [2.75, 3.05) is 11.3 Å². The fourth-order valence-corrected chi connectivity index (χ4v) is 5.02. The van der Waals surface area contributed by atoms with Crippen molar-refractivity contribution in [2.45, 2.75) is 50.5 Å². The highest BCUT2D eigenvalue weighted by molar-refractivity contribution is 7.92. The number of imide groups is 1. The molecule has 0 radical (unpaired) electrons. The quantitative estimate of drug-likeness (QED) is 0.530. The van der Waals surface area contributed by atoms with Crippen LogP contribution in [0.25, 0.3) is 0 Å². The predicted octanol–water partition coefficient (Wildman–Crippen LogP) is 3.03. The van der Waals surface area contributed by atoms with E-state index >= 15 is 0 Å². The second-order valence-electron chi connectivity index (χ2n) is 8.00. The maximum atomic E-state index is 12.9. The Labute approximate surface area is 193 Å². The Morgan fingerprint density at radius 2 is 1.73 bits per heavy atom. The van der Waals surface area contributed by atoms with E-state index in [9.17, 15) is 22.8 Å². The summed E-state index contributed by atoms with van der Waals surface area (Å²) in [6.07, 6.45) is 3.79. The molecule has 0 aliphatic heterocycles. The van der Waals surface area contributed by atoms with Crippen LogP contribution in [0.15, 0.2) is 47.4 Å². The monoisotopic (exact) mass is 473 g/mol. The van der Waals surface area contributed by atoms with Crippen molar-refractivity contribution >= 4 is 33.6 Å². The third kappa shape index (κ3) is 6.55. The number of amides is 3. The summed E-state index contributed by atoms with van der Waals surface area (Å²) in [6, 6.07) is 10.4. The van der Waals surface area contributed by atoms with Gasteiger partial charge in [-0.15, -0.1) is 0 Å². The lowest BCUT2D eigenvalue weighted by Gasteiger charge is -2.14. The van der Waals surface area contributed by atoms with E-state index in [1.54, 1.807) is 44.2 Å². The van der Waals surface area contributed by atoms with Crippen LogP contribution in [0.4, 0.5) is 10.5 Å². The van der Waals surface area contributed by atoms with Crippen LogP contribution in [0.1, 0.15) is 47.2 Å². The van der Waals surface area contributed by atoms with E-state index < -0.39 is 34.5 Å². The van der Waals surface area contributed by atoms with E-state index in [2.05, 4.69) is 15.4 Å². The molecule has 3 amide bonds. The molecule has 0 aromatic heterocycles. The van der Waals surface area contributed by atoms with Crippen LogP contribution in [0.2, 0.25) is 0 Å². The molecule has 3 N–H and O–H groups in total. The summed E-state index contributed by atoms with van der Waals surface area (Å²) in [5.74, 6) is -1.69. The van der Waals surface area contributed by atoms with Gasteiger partial charge in [-0.2, -0.15) is 0 Å². The highest BCUT2D eigenvalue weighted by Gasteiger charge is 2.22. The summed E-state index contributed by atoms with van der Waals surface area (Å²) in [5.41, 5.74) is 1.29. The number of anilines is 1. The van der Waals surface area contributed by atoms with Gasteiger partial charge in [0, 0.05) is 6.04 Å². The van der Waals surface area contributed by atoms with Gasteiger partial charge in [0.15, 0.2) is 6.61 Å². The van der Waals surface area contributed by atoms with E-state index in [0.29, 0.717) is 5.56 Å². The fraction of sp³-hybridized carbons (Fsp3) is 0.348. The number of sulfonamides is 1. The molecule has 1 fully saturated rings. The maximum absolute atomic E-state index is 12.9. The lowest BCUT2D eigenvalue weighted by Crippen LogP contribution is -2.45. The van der Waals surface area contributed by atoms with Crippen molar-refractivity contribution in [3.63, 3.8) is 0 Å². The number of hydrogen-bond acceptors (Lipinski definition) is 6. The summed E-state index contributed by atoms with van der Waals surface area (Å²) >= 11 is 0. The van der Waals surface area contributed by atoms with Crippen molar-refractivity contribution in [3.8, 4) is 0 Å². The lowest BCUT2D eigenvalue weighted by atomic mass is 10.2. The summed E-state index contributed by atoms with van der Waals surface area (Å²) < 4.78 is 33.2. The van der Waals surface area contributed by atoms with Gasteiger partial charge < -0.3 is 10.1 Å². The molecule has 33 heavy (non-hydrogen) atoms. The number of carbonyl (C=O) groups is 3. The van der Waals surface area contributed by atoms with Crippen LogP contribution in [-0.4, -0.2) is 39.0 Å². The molecule has 0 heterocycles. The Morgan fingerprint density at radius 1 is 1.03 bits per heavy atom. The van der Waals surface area contributed by atoms with E-state index in [1.807, 2.05) is 0 Å². The average molecular weight is 474 g/mol. The second kappa shape index (κ2) is 10.5. The number of nitrogens with one attached hydrogen (secondary N) is 3. The van der Waals surface area contributed by atoms with Crippen LogP contribution < -0.4 is 15.4 Å². The van der Waals surface area contributed by atoms with E-state index in [-0.39, 0.29) is 22.2 Å². The zero-order valence-electron chi connectivity index (χ0n) is 18.5. The van der Waals surface area contributed by atoms with Crippen LogP contribution in [0, 0.1) is 13.8 Å². The minimum atomic E-state index is -3.97. The molecule has 1 aliphatic carbocycles. The van der Waals surface area contributed by atoms with Crippen LogP contribution in [0.3, 0.4) is 0 Å². The standard InChI is InChI=1S/C23H27N3O6S/c1-15-11-12-16(2)20(13-15)33(30,31)26-19-10-6-5-9-18(19)22(28)32-14-21(27)25-23(29)24-17-7-3-4-8-17/h5-6,9-13,17,26H,3-4,7-8,14H2,1-2H3,(H2,24,25,27,29). The SMILES string of the molecule is Cc1ccc(C)c(S(=O)(=O)Nc2ccccc2C(=O)OCC(=O)NC(=O)NC2CCCC2)c1. The summed E-state index contributed by atoms with van der Waals surface area (Å²) in [6.45, 7) is 2.77. The average Bonchev–Trinajstić information content (AvgIpc) is 3.26. The van der Waals surface area contributed by atoms with Crippen molar-refractivity contribution < 1.29 is 27.5 Å². The highest BCUT2D eigenvalue weighted by atomic mass is 32.2. The number of ether oxygens (including phenoxy) is 1. The van der Waals surface area contributed by atoms with Gasteiger partial charge in [0.05, 0.1) is 16.1 Å². The van der Waals surface area contributed by atoms with E-state index in [1.165, 1.54) is 12.1 Å². The Hall–Kier alpha value is -3.40. The molecule has 0 spiro atoms. The van der Waals surface area contributed by atoms with Gasteiger partial charge in [-0.1, -0.05) is 37.1 Å². The number of urea groups is 1. The molecule has 176 valence electrons. The number of rotatable bonds is 7. The molecule has 1 aliphatic rings. The van der Waals surface area contributed by atoms with Gasteiger partial charge in [0.1, 0.15) is 0 Å². The largest absolute Gasteiger partial charge is 0.452 e. The molecular formula is C23H27N3O6S. The summed E-state index contributed by atoms with van der Waals surface area (Å²) in [7, 11) is -3.97. The molecule has 10 heteroatoms. The van der Waals surface area contributed by atoms with E-state index in [4.69, 9.17) is 4.74 Å². The fourth-order valence-electron chi connectivity index (χ4n) is 3.61. The minimum absolute atomic E-state index is 0.0165. The Balaban J connectivity index is 1.63. The van der Waals surface area contributed by atoms with Crippen LogP contribution >= 0.6 is 0 Å². The van der Waals surface area contributed by atoms with Gasteiger partial charge >= 0.3 is 12.0 Å². The maximum Gasteiger partial charge on any atom is 0.340 e. The van der Waals surface area contributed by atoms with Gasteiger partial charge in [-0.3, -0.25) is 14.8 Å². The predicted molar refractivity (Wildman–Crippen MR) is 122 cm³/mol. The highest BCUT2D eigenvalue weighted by Crippen LogP contribution is 2.23. The Morgan fingerprint density at radius 3 is 2.45 bits per heavy atom. The molecule has 0 saturated heterocycles. The molecule has 2 aromatic rings. The van der Waals surface area contributed by atoms with Crippen molar-refractivity contribution in [3.05, 3.63) is 59.2 Å². The second-order valence-corrected chi connectivity index (χ2v) is 9.65. The molecule has 3 rings (SSSR count). The first-order valence-electron chi connectivity index (χ1n) is 10.6. The van der Waals surface area contributed by atoms with E-state index in [0.717, 1.165) is 31.2 Å². The van der Waals surface area contributed by atoms with Crippen LogP contribution in [-0.2, 0) is 19.6 Å². The lowest BCUT2D eigenvalue weighted by molar-refractivity contribution is -0.123. The molecule has 9 nitrogen and oxygen atoms in total. The molecule has 2 aromatic carbocycles. The minimum Gasteiger partial charge on any atom is -0.452 e. The topological polar surface area (TPSA) is 131 Å². The molecule has 0 atom stereocenters. The van der Waals surface area contributed by atoms with Gasteiger partial charge in [0.25, 0.3) is 15.9 Å². The summed E-state index contributed by atoms with van der Waals surface area (Å²) in [4.78, 5) is 36.5. The number of aryl methyl sites for hydroxylation is 2. The van der Waals surface area contributed by atoms with Crippen molar-refractivity contribution in [2.24, 2.45) is 0 Å². The molecular weight excluding hydrogens is 446 g/mol. The number of esters is 1. The first kappa shape index (κ1) is 24.2. The number of para-hydroxylation sites is 1. The van der Waals surface area contributed by atoms with Crippen molar-refractivity contribution in [1.82, 2.24) is 10.6 Å². The molecule has 0 unspecified atom stereocenters. The Bertz CT molecular complexity index is 1160. The number of benzene rings is 2. The summed E-state index contributed by atoms with van der Waals surface area (Å²) in [5, 5.41) is 4.82. The zero-order valence-corrected chi connectivity index (χ0v) is 19.3. The van der Waals surface area contributed by atoms with Gasteiger partial charge in [-0.25, -0.2) is 18.0 Å². The number of hydrogen-bond donors (Lipinski definition) is 3. The third-order valence-electron chi connectivity index (χ3n) is 5.30. The normalized spacial score (nSPS) is 13.9. The number of carbonyl (C=O) groups excluding carboxylic acids is 3. The van der Waals surface area contributed by atoms with Gasteiger partial charge in [0.2, 0.25) is 0 Å². The van der Waals surface area contributed by atoms with Gasteiger partial charge in [-0.05, 0) is 56.0 Å². The Kier molecular flexibility index (Phi) is 7.70. The first-order chi connectivity index (χ1) is 15.7.